The highest BCUT2D eigenvalue weighted by atomic mass is 16.5. The maximum Gasteiger partial charge on any atom is 0.234 e. The standard InChI is InChI=1S/C10H22N2O2/c1-9(2)4-6-14-7-5-12-10(13)8-11-3/h9,11H,4-8H2,1-3H3,(H,12,13). The number of carbonyl (C=O) groups is 1. The summed E-state index contributed by atoms with van der Waals surface area (Å²) in [5, 5.41) is 5.53. The lowest BCUT2D eigenvalue weighted by atomic mass is 10.1. The number of amides is 1. The van der Waals surface area contributed by atoms with Gasteiger partial charge in [-0.15, -0.1) is 0 Å². The first-order chi connectivity index (χ1) is 6.66. The number of rotatable bonds is 8. The van der Waals surface area contributed by atoms with Gasteiger partial charge in [-0.1, -0.05) is 13.8 Å². The molecule has 84 valence electrons. The molecule has 1 amide bonds. The predicted molar refractivity (Wildman–Crippen MR) is 57.2 cm³/mol. The minimum absolute atomic E-state index is 0.0139. The Bertz CT molecular complexity index is 149. The van der Waals surface area contributed by atoms with Gasteiger partial charge < -0.3 is 15.4 Å². The zero-order valence-electron chi connectivity index (χ0n) is 9.43. The van der Waals surface area contributed by atoms with E-state index in [0.29, 0.717) is 25.6 Å². The molecule has 0 fully saturated rings. The Balaban J connectivity index is 3.09. The van der Waals surface area contributed by atoms with Crippen LogP contribution in [0.2, 0.25) is 0 Å². The molecule has 0 atom stereocenters. The normalized spacial score (nSPS) is 10.6. The van der Waals surface area contributed by atoms with Crippen molar-refractivity contribution in [1.29, 1.82) is 0 Å². The van der Waals surface area contributed by atoms with Crippen molar-refractivity contribution in [3.05, 3.63) is 0 Å². The average molecular weight is 202 g/mol. The summed E-state index contributed by atoms with van der Waals surface area (Å²) in [5.74, 6) is 0.689. The van der Waals surface area contributed by atoms with Crippen LogP contribution >= 0.6 is 0 Å². The lowest BCUT2D eigenvalue weighted by Gasteiger charge is -2.07. The summed E-state index contributed by atoms with van der Waals surface area (Å²) in [6.07, 6.45) is 1.07. The summed E-state index contributed by atoms with van der Waals surface area (Å²) >= 11 is 0. The molecular formula is C10H22N2O2. The van der Waals surface area contributed by atoms with Gasteiger partial charge in [0.1, 0.15) is 0 Å². The number of nitrogens with one attached hydrogen (secondary N) is 2. The minimum Gasteiger partial charge on any atom is -0.380 e. The highest BCUT2D eigenvalue weighted by molar-refractivity contribution is 5.77. The van der Waals surface area contributed by atoms with Crippen molar-refractivity contribution in [2.75, 3.05) is 33.4 Å². The van der Waals surface area contributed by atoms with Crippen molar-refractivity contribution >= 4 is 5.91 Å². The Morgan fingerprint density at radius 2 is 2.07 bits per heavy atom. The number of carbonyl (C=O) groups excluding carboxylic acids is 1. The van der Waals surface area contributed by atoms with Gasteiger partial charge in [0.15, 0.2) is 0 Å². The molecule has 0 bridgehead atoms. The monoisotopic (exact) mass is 202 g/mol. The first kappa shape index (κ1) is 13.4. The molecule has 0 rings (SSSR count). The molecule has 0 aliphatic carbocycles. The molecule has 0 saturated heterocycles. The van der Waals surface area contributed by atoms with Crippen LogP contribution in [-0.4, -0.2) is 39.3 Å². The smallest absolute Gasteiger partial charge is 0.234 e. The van der Waals surface area contributed by atoms with Gasteiger partial charge in [-0.3, -0.25) is 4.79 Å². The van der Waals surface area contributed by atoms with Crippen LogP contribution in [0.4, 0.5) is 0 Å². The fourth-order valence-electron chi connectivity index (χ4n) is 0.907. The van der Waals surface area contributed by atoms with E-state index in [2.05, 4.69) is 24.5 Å². The summed E-state index contributed by atoms with van der Waals surface area (Å²) in [7, 11) is 1.75. The topological polar surface area (TPSA) is 50.4 Å². The van der Waals surface area contributed by atoms with E-state index in [9.17, 15) is 4.79 Å². The van der Waals surface area contributed by atoms with E-state index in [1.54, 1.807) is 7.05 Å². The lowest BCUT2D eigenvalue weighted by Crippen LogP contribution is -2.34. The van der Waals surface area contributed by atoms with Crippen molar-refractivity contribution < 1.29 is 9.53 Å². The molecule has 2 N–H and O–H groups in total. The van der Waals surface area contributed by atoms with Crippen LogP contribution in [-0.2, 0) is 9.53 Å². The van der Waals surface area contributed by atoms with Gasteiger partial charge >= 0.3 is 0 Å². The number of ether oxygens (including phenoxy) is 1. The molecule has 14 heavy (non-hydrogen) atoms. The average Bonchev–Trinajstić information content (AvgIpc) is 2.11. The third-order valence-electron chi connectivity index (χ3n) is 1.75. The van der Waals surface area contributed by atoms with Crippen molar-refractivity contribution in [3.63, 3.8) is 0 Å². The maximum atomic E-state index is 11.0. The van der Waals surface area contributed by atoms with Gasteiger partial charge in [-0.2, -0.15) is 0 Å². The van der Waals surface area contributed by atoms with Gasteiger partial charge in [0.25, 0.3) is 0 Å². The van der Waals surface area contributed by atoms with Gasteiger partial charge in [0.2, 0.25) is 5.91 Å². The van der Waals surface area contributed by atoms with E-state index in [4.69, 9.17) is 4.74 Å². The maximum absolute atomic E-state index is 11.0. The van der Waals surface area contributed by atoms with Gasteiger partial charge in [0.05, 0.1) is 13.2 Å². The zero-order chi connectivity index (χ0) is 10.8. The largest absolute Gasteiger partial charge is 0.380 e. The molecule has 0 aromatic rings. The van der Waals surface area contributed by atoms with Crippen molar-refractivity contribution in [1.82, 2.24) is 10.6 Å². The molecule has 4 heteroatoms. The molecule has 0 radical (unpaired) electrons. The second-order valence-corrected chi connectivity index (χ2v) is 3.68. The fourth-order valence-corrected chi connectivity index (χ4v) is 0.907. The third-order valence-corrected chi connectivity index (χ3v) is 1.75. The molecule has 0 aliphatic heterocycles. The summed E-state index contributed by atoms with van der Waals surface area (Å²) in [6.45, 7) is 6.67. The molecule has 0 aliphatic rings. The predicted octanol–water partition coefficient (Wildman–Crippen LogP) is 0.385. The van der Waals surface area contributed by atoms with E-state index in [1.165, 1.54) is 0 Å². The number of hydrogen-bond acceptors (Lipinski definition) is 3. The SMILES string of the molecule is CNCC(=O)NCCOCCC(C)C. The first-order valence-corrected chi connectivity index (χ1v) is 5.16. The summed E-state index contributed by atoms with van der Waals surface area (Å²) in [5.41, 5.74) is 0. The number of likely N-dealkylation sites (N-methyl/N-ethyl adjacent to an activating group) is 1. The van der Waals surface area contributed by atoms with Gasteiger partial charge in [0, 0.05) is 13.2 Å². The molecule has 0 spiro atoms. The Morgan fingerprint density at radius 1 is 1.36 bits per heavy atom. The van der Waals surface area contributed by atoms with Crippen LogP contribution in [0.1, 0.15) is 20.3 Å². The van der Waals surface area contributed by atoms with Crippen molar-refractivity contribution in [2.24, 2.45) is 5.92 Å². The Morgan fingerprint density at radius 3 is 2.64 bits per heavy atom. The van der Waals surface area contributed by atoms with Crippen LogP contribution in [0.3, 0.4) is 0 Å². The zero-order valence-corrected chi connectivity index (χ0v) is 9.43. The second kappa shape index (κ2) is 8.97. The van der Waals surface area contributed by atoms with Gasteiger partial charge in [-0.05, 0) is 19.4 Å². The highest BCUT2D eigenvalue weighted by Crippen LogP contribution is 1.97. The summed E-state index contributed by atoms with van der Waals surface area (Å²) in [6, 6.07) is 0. The Hall–Kier alpha value is -0.610. The molecule has 0 heterocycles. The van der Waals surface area contributed by atoms with E-state index < -0.39 is 0 Å². The molecular weight excluding hydrogens is 180 g/mol. The number of hydrogen-bond donors (Lipinski definition) is 2. The molecule has 4 nitrogen and oxygen atoms in total. The van der Waals surface area contributed by atoms with Crippen LogP contribution in [0.25, 0.3) is 0 Å². The van der Waals surface area contributed by atoms with Crippen LogP contribution in [0.15, 0.2) is 0 Å². The van der Waals surface area contributed by atoms with E-state index in [-0.39, 0.29) is 5.91 Å². The molecule has 0 aromatic heterocycles. The van der Waals surface area contributed by atoms with Gasteiger partial charge in [-0.25, -0.2) is 0 Å². The second-order valence-electron chi connectivity index (χ2n) is 3.68. The highest BCUT2D eigenvalue weighted by Gasteiger charge is 1.97. The van der Waals surface area contributed by atoms with Crippen LogP contribution < -0.4 is 10.6 Å². The van der Waals surface area contributed by atoms with Crippen LogP contribution in [0, 0.1) is 5.92 Å². The fraction of sp³-hybridized carbons (Fsp3) is 0.900. The Kier molecular flexibility index (Phi) is 8.57. The summed E-state index contributed by atoms with van der Waals surface area (Å²) < 4.78 is 5.34. The first-order valence-electron chi connectivity index (χ1n) is 5.16. The lowest BCUT2D eigenvalue weighted by molar-refractivity contribution is -0.120. The van der Waals surface area contributed by atoms with E-state index in [0.717, 1.165) is 13.0 Å². The molecule has 0 unspecified atom stereocenters. The van der Waals surface area contributed by atoms with E-state index in [1.807, 2.05) is 0 Å². The van der Waals surface area contributed by atoms with Crippen molar-refractivity contribution in [2.45, 2.75) is 20.3 Å². The summed E-state index contributed by atoms with van der Waals surface area (Å²) in [4.78, 5) is 11.0. The Labute approximate surface area is 86.4 Å². The van der Waals surface area contributed by atoms with Crippen molar-refractivity contribution in [3.8, 4) is 0 Å². The van der Waals surface area contributed by atoms with E-state index >= 15 is 0 Å². The molecule has 0 aromatic carbocycles. The minimum atomic E-state index is 0.0139. The van der Waals surface area contributed by atoms with Crippen LogP contribution in [0.5, 0.6) is 0 Å². The quantitative estimate of drug-likeness (QED) is 0.560. The third kappa shape index (κ3) is 9.48. The molecule has 0 saturated carbocycles.